The molecule has 2 aromatic rings. The molecule has 0 bridgehead atoms. The Morgan fingerprint density at radius 2 is 2.18 bits per heavy atom. The standard InChI is InChI=1S/C21H30N6O/c1-22-21(27-8-6-18(14-27)9-19-12-25-26(2)13-19)24-11-17-5-7-23-20(10-17)28-15-16-3-4-16/h5,7,10,12-13,16,18H,3-4,6,8-9,11,14-15H2,1-2H3,(H,22,24). The fraction of sp³-hybridized carbons (Fsp3) is 0.571. The van der Waals surface area contributed by atoms with Crippen LogP contribution < -0.4 is 10.1 Å². The molecule has 1 saturated carbocycles. The smallest absolute Gasteiger partial charge is 0.213 e. The summed E-state index contributed by atoms with van der Waals surface area (Å²) in [5.74, 6) is 3.06. The van der Waals surface area contributed by atoms with E-state index < -0.39 is 0 Å². The molecule has 0 amide bonds. The van der Waals surface area contributed by atoms with Crippen LogP contribution in [0.3, 0.4) is 0 Å². The van der Waals surface area contributed by atoms with Crippen molar-refractivity contribution in [1.29, 1.82) is 0 Å². The number of hydrogen-bond acceptors (Lipinski definition) is 4. The second-order valence-electron chi connectivity index (χ2n) is 7.98. The lowest BCUT2D eigenvalue weighted by molar-refractivity contribution is 0.288. The van der Waals surface area contributed by atoms with Gasteiger partial charge < -0.3 is 15.0 Å². The number of nitrogens with one attached hydrogen (secondary N) is 1. The van der Waals surface area contributed by atoms with Crippen LogP contribution in [0.5, 0.6) is 5.88 Å². The number of pyridine rings is 1. The first-order chi connectivity index (χ1) is 13.7. The Hall–Kier alpha value is -2.57. The maximum absolute atomic E-state index is 5.79. The Bertz CT molecular complexity index is 813. The average Bonchev–Trinajstić information content (AvgIpc) is 3.28. The van der Waals surface area contributed by atoms with Crippen molar-refractivity contribution in [1.82, 2.24) is 25.0 Å². The minimum absolute atomic E-state index is 0.645. The normalized spacial score (nSPS) is 19.9. The molecule has 4 rings (SSSR count). The van der Waals surface area contributed by atoms with Gasteiger partial charge in [0.15, 0.2) is 5.96 Å². The summed E-state index contributed by atoms with van der Waals surface area (Å²) in [6, 6.07) is 4.05. The van der Waals surface area contributed by atoms with Gasteiger partial charge in [-0.15, -0.1) is 0 Å². The Balaban J connectivity index is 1.27. The van der Waals surface area contributed by atoms with E-state index >= 15 is 0 Å². The van der Waals surface area contributed by atoms with Gasteiger partial charge in [-0.2, -0.15) is 5.10 Å². The van der Waals surface area contributed by atoms with Gasteiger partial charge in [0.25, 0.3) is 0 Å². The molecule has 2 aliphatic rings. The summed E-state index contributed by atoms with van der Waals surface area (Å²) in [4.78, 5) is 11.2. The van der Waals surface area contributed by atoms with Crippen LogP contribution >= 0.6 is 0 Å². The zero-order chi connectivity index (χ0) is 19.3. The SMILES string of the molecule is CN=C(NCc1ccnc(OCC2CC2)c1)N1CCC(Cc2cnn(C)c2)C1. The summed E-state index contributed by atoms with van der Waals surface area (Å²) in [7, 11) is 3.82. The molecule has 0 radical (unpaired) electrons. The number of likely N-dealkylation sites (tertiary alicyclic amines) is 1. The average molecular weight is 383 g/mol. The summed E-state index contributed by atoms with van der Waals surface area (Å²) < 4.78 is 7.66. The molecule has 7 nitrogen and oxygen atoms in total. The van der Waals surface area contributed by atoms with Gasteiger partial charge in [0.05, 0.1) is 12.8 Å². The van der Waals surface area contributed by atoms with Crippen LogP contribution in [0.4, 0.5) is 0 Å². The largest absolute Gasteiger partial charge is 0.477 e. The summed E-state index contributed by atoms with van der Waals surface area (Å²) in [5, 5.41) is 7.77. The molecule has 1 unspecified atom stereocenters. The van der Waals surface area contributed by atoms with Crippen LogP contribution in [-0.2, 0) is 20.0 Å². The molecule has 1 aliphatic heterocycles. The second-order valence-corrected chi connectivity index (χ2v) is 7.98. The number of guanidine groups is 1. The van der Waals surface area contributed by atoms with Gasteiger partial charge in [0.2, 0.25) is 5.88 Å². The zero-order valence-corrected chi connectivity index (χ0v) is 16.8. The summed E-state index contributed by atoms with van der Waals surface area (Å²) >= 11 is 0. The maximum atomic E-state index is 5.79. The summed E-state index contributed by atoms with van der Waals surface area (Å²) in [6.45, 7) is 3.58. The molecular formula is C21H30N6O. The Morgan fingerprint density at radius 3 is 2.93 bits per heavy atom. The first-order valence-electron chi connectivity index (χ1n) is 10.2. The highest BCUT2D eigenvalue weighted by molar-refractivity contribution is 5.80. The van der Waals surface area contributed by atoms with E-state index in [0.717, 1.165) is 56.0 Å². The maximum Gasteiger partial charge on any atom is 0.213 e. The molecule has 3 heterocycles. The Kier molecular flexibility index (Phi) is 5.78. The summed E-state index contributed by atoms with van der Waals surface area (Å²) in [6.07, 6.45) is 10.7. The molecule has 7 heteroatoms. The third kappa shape index (κ3) is 5.03. The molecule has 0 aromatic carbocycles. The van der Waals surface area contributed by atoms with Crippen molar-refractivity contribution >= 4 is 5.96 Å². The van der Waals surface area contributed by atoms with Crippen LogP contribution in [0.25, 0.3) is 0 Å². The molecule has 1 N–H and O–H groups in total. The van der Waals surface area contributed by atoms with Gasteiger partial charge in [-0.3, -0.25) is 9.67 Å². The lowest BCUT2D eigenvalue weighted by Gasteiger charge is -2.22. The van der Waals surface area contributed by atoms with Crippen molar-refractivity contribution in [3.8, 4) is 5.88 Å². The molecule has 1 atom stereocenters. The van der Waals surface area contributed by atoms with E-state index in [1.54, 1.807) is 0 Å². The van der Waals surface area contributed by atoms with Crippen LogP contribution in [-0.4, -0.2) is 52.4 Å². The summed E-state index contributed by atoms with van der Waals surface area (Å²) in [5.41, 5.74) is 2.47. The van der Waals surface area contributed by atoms with E-state index in [2.05, 4.69) is 31.5 Å². The minimum Gasteiger partial charge on any atom is -0.477 e. The van der Waals surface area contributed by atoms with E-state index in [9.17, 15) is 0 Å². The van der Waals surface area contributed by atoms with Crippen LogP contribution in [0.15, 0.2) is 35.7 Å². The molecule has 28 heavy (non-hydrogen) atoms. The minimum atomic E-state index is 0.645. The van der Waals surface area contributed by atoms with Crippen molar-refractivity contribution in [2.75, 3.05) is 26.7 Å². The first kappa shape index (κ1) is 18.8. The number of hydrogen-bond donors (Lipinski definition) is 1. The van der Waals surface area contributed by atoms with E-state index in [-0.39, 0.29) is 0 Å². The topological polar surface area (TPSA) is 67.6 Å². The quantitative estimate of drug-likeness (QED) is 0.588. The van der Waals surface area contributed by atoms with E-state index in [0.29, 0.717) is 5.92 Å². The fourth-order valence-corrected chi connectivity index (χ4v) is 3.74. The second kappa shape index (κ2) is 8.63. The number of nitrogens with zero attached hydrogens (tertiary/aromatic N) is 5. The molecule has 0 spiro atoms. The zero-order valence-electron chi connectivity index (χ0n) is 16.8. The molecule has 2 aromatic heterocycles. The van der Waals surface area contributed by atoms with Crippen molar-refractivity contribution in [3.05, 3.63) is 41.9 Å². The molecule has 150 valence electrons. The molecule has 2 fully saturated rings. The van der Waals surface area contributed by atoms with Crippen molar-refractivity contribution in [3.63, 3.8) is 0 Å². The van der Waals surface area contributed by atoms with E-state index in [4.69, 9.17) is 4.74 Å². The monoisotopic (exact) mass is 382 g/mol. The van der Waals surface area contributed by atoms with Crippen LogP contribution in [0.1, 0.15) is 30.4 Å². The Labute approximate surface area is 166 Å². The van der Waals surface area contributed by atoms with E-state index in [1.165, 1.54) is 24.8 Å². The molecular weight excluding hydrogens is 352 g/mol. The number of aromatic nitrogens is 3. The lowest BCUT2D eigenvalue weighted by atomic mass is 10.0. The third-order valence-corrected chi connectivity index (χ3v) is 5.49. The van der Waals surface area contributed by atoms with Crippen LogP contribution in [0, 0.1) is 11.8 Å². The van der Waals surface area contributed by atoms with Crippen LogP contribution in [0.2, 0.25) is 0 Å². The van der Waals surface area contributed by atoms with Gasteiger partial charge in [-0.1, -0.05) is 0 Å². The molecule has 1 saturated heterocycles. The van der Waals surface area contributed by atoms with Crippen molar-refractivity contribution in [2.45, 2.75) is 32.2 Å². The number of rotatable bonds is 7. The first-order valence-corrected chi connectivity index (χ1v) is 10.2. The highest BCUT2D eigenvalue weighted by Crippen LogP contribution is 2.29. The van der Waals surface area contributed by atoms with Gasteiger partial charge in [0, 0.05) is 52.2 Å². The van der Waals surface area contributed by atoms with Crippen molar-refractivity contribution in [2.24, 2.45) is 23.9 Å². The molecule has 1 aliphatic carbocycles. The predicted molar refractivity (Wildman–Crippen MR) is 109 cm³/mol. The highest BCUT2D eigenvalue weighted by Gasteiger charge is 2.25. The fourth-order valence-electron chi connectivity index (χ4n) is 3.74. The number of aryl methyl sites for hydroxylation is 1. The van der Waals surface area contributed by atoms with E-state index in [1.807, 2.05) is 43.3 Å². The lowest BCUT2D eigenvalue weighted by Crippen LogP contribution is -2.39. The van der Waals surface area contributed by atoms with Gasteiger partial charge >= 0.3 is 0 Å². The highest BCUT2D eigenvalue weighted by atomic mass is 16.5. The van der Waals surface area contributed by atoms with Gasteiger partial charge in [-0.05, 0) is 54.7 Å². The van der Waals surface area contributed by atoms with Gasteiger partial charge in [0.1, 0.15) is 0 Å². The van der Waals surface area contributed by atoms with Crippen molar-refractivity contribution < 1.29 is 4.74 Å². The predicted octanol–water partition coefficient (Wildman–Crippen LogP) is 2.24. The Morgan fingerprint density at radius 1 is 1.29 bits per heavy atom. The number of ether oxygens (including phenoxy) is 1. The van der Waals surface area contributed by atoms with Gasteiger partial charge in [-0.25, -0.2) is 4.98 Å². The third-order valence-electron chi connectivity index (χ3n) is 5.49. The number of aliphatic imine (C=N–C) groups is 1.